The number of aliphatic hydroxyl groups is 1. The van der Waals surface area contributed by atoms with Gasteiger partial charge in [-0.05, 0) is 75.7 Å². The van der Waals surface area contributed by atoms with E-state index in [1.165, 1.54) is 12.1 Å². The van der Waals surface area contributed by atoms with Crippen molar-refractivity contribution >= 4 is 19.5 Å². The van der Waals surface area contributed by atoms with Gasteiger partial charge in [-0.15, -0.1) is 0 Å². The Balaban J connectivity index is 1.40. The van der Waals surface area contributed by atoms with Crippen LogP contribution in [0, 0.1) is 0 Å². The lowest BCUT2D eigenvalue weighted by Gasteiger charge is -2.29. The fourth-order valence-electron chi connectivity index (χ4n) is 5.63. The maximum atomic E-state index is 15.4. The minimum absolute atomic E-state index is 0.0134. The highest BCUT2D eigenvalue weighted by Crippen LogP contribution is 2.51. The number of anilines is 1. The average molecular weight is 870 g/mol. The van der Waals surface area contributed by atoms with Gasteiger partial charge < -0.3 is 30.3 Å². The molecule has 4 atom stereocenters. The number of para-hydroxylation sites is 1. The van der Waals surface area contributed by atoms with Crippen LogP contribution >= 0.6 is 7.75 Å². The lowest BCUT2D eigenvalue weighted by Crippen LogP contribution is -2.48. The number of allylic oxidation sites excluding steroid dienone is 12. The summed E-state index contributed by atoms with van der Waals surface area (Å²) in [5.74, 6) is -4.48. The zero-order chi connectivity index (χ0) is 44.4. The number of alkyl halides is 2. The number of benzene rings is 1. The molecule has 1 fully saturated rings. The zero-order valence-corrected chi connectivity index (χ0v) is 35.6. The van der Waals surface area contributed by atoms with Crippen molar-refractivity contribution in [3.63, 3.8) is 0 Å². The molecule has 2 heterocycles. The van der Waals surface area contributed by atoms with Crippen LogP contribution in [0.25, 0.3) is 10.4 Å². The molecule has 61 heavy (non-hydrogen) atoms. The molecule has 0 saturated carbocycles. The predicted molar refractivity (Wildman–Crippen MR) is 232 cm³/mol. The Hall–Kier alpha value is -5.19. The summed E-state index contributed by atoms with van der Waals surface area (Å²) in [6, 6.07) is 8.89. The van der Waals surface area contributed by atoms with Crippen molar-refractivity contribution < 1.29 is 37.0 Å². The Labute approximate surface area is 355 Å². The summed E-state index contributed by atoms with van der Waals surface area (Å²) in [6.45, 7) is 1.99. The molecule has 3 rings (SSSR count). The molecule has 2 aromatic rings. The molecule has 0 bridgehead atoms. The molecular weight excluding hydrogens is 811 g/mol. The molecule has 1 unspecified atom stereocenters. The number of carbonyl (C=O) groups excluding carboxylic acids is 1. The van der Waals surface area contributed by atoms with Gasteiger partial charge in [0.2, 0.25) is 17.9 Å². The third kappa shape index (κ3) is 17.7. The molecule has 1 aromatic heterocycles. The van der Waals surface area contributed by atoms with Crippen molar-refractivity contribution in [2.45, 2.75) is 82.3 Å². The Morgan fingerprint density at radius 3 is 2.15 bits per heavy atom. The molecule has 0 radical (unpaired) electrons. The summed E-state index contributed by atoms with van der Waals surface area (Å²) in [5, 5.41) is 19.5. The van der Waals surface area contributed by atoms with Crippen LogP contribution in [0.3, 0.4) is 0 Å². The monoisotopic (exact) mass is 869 g/mol. The number of aliphatic hydroxyl groups excluding tert-OH is 1. The number of nitrogens with two attached hydrogens (primary N) is 1. The summed E-state index contributed by atoms with van der Waals surface area (Å²) < 4.78 is 61.7. The number of aromatic nitrogens is 2. The normalized spacial score (nSPS) is 20.2. The number of hydrogen-bond acceptors (Lipinski definition) is 11. The van der Waals surface area contributed by atoms with Gasteiger partial charge in [-0.3, -0.25) is 13.9 Å². The molecule has 1 aliphatic rings. The molecular formula is C42H58F2N9O7P. The average Bonchev–Trinajstić information content (AvgIpc) is 3.42. The fraction of sp³-hybridized carbons (Fsp3) is 0.452. The van der Waals surface area contributed by atoms with E-state index in [1.807, 2.05) is 17.1 Å². The van der Waals surface area contributed by atoms with Gasteiger partial charge in [-0.2, -0.15) is 13.8 Å². The van der Waals surface area contributed by atoms with Crippen molar-refractivity contribution in [3.05, 3.63) is 136 Å². The van der Waals surface area contributed by atoms with Crippen LogP contribution in [0.5, 0.6) is 5.75 Å². The first-order chi connectivity index (χ1) is 29.4. The second-order valence-corrected chi connectivity index (χ2v) is 15.6. The Morgan fingerprint density at radius 2 is 1.57 bits per heavy atom. The first kappa shape index (κ1) is 50.2. The number of nitrogens with zero attached hydrogens (tertiary/aromatic N) is 6. The molecule has 1 aromatic carbocycles. The molecule has 0 aliphatic carbocycles. The number of nitrogens with one attached hydrogen (secondary N) is 2. The fourth-order valence-corrected chi connectivity index (χ4v) is 6.97. The molecule has 1 amide bonds. The van der Waals surface area contributed by atoms with Crippen LogP contribution in [-0.2, 0) is 18.6 Å². The van der Waals surface area contributed by atoms with Gasteiger partial charge in [0.15, 0.2) is 6.10 Å². The van der Waals surface area contributed by atoms with Gasteiger partial charge in [0.25, 0.3) is 0 Å². The number of hydrogen-bond donors (Lipinski definition) is 4. The summed E-state index contributed by atoms with van der Waals surface area (Å²) in [5.41, 5.74) is 10.6. The van der Waals surface area contributed by atoms with Crippen LogP contribution < -0.4 is 26.4 Å². The van der Waals surface area contributed by atoms with Gasteiger partial charge in [-0.25, -0.2) is 14.4 Å². The highest BCUT2D eigenvalue weighted by atomic mass is 31.2. The minimum Gasteiger partial charge on any atom is -0.413 e. The molecule has 19 heteroatoms. The third-order valence-electron chi connectivity index (χ3n) is 8.91. The largest absolute Gasteiger partial charge is 0.458 e. The Bertz CT molecular complexity index is 1990. The van der Waals surface area contributed by atoms with E-state index in [2.05, 4.69) is 93.1 Å². The van der Waals surface area contributed by atoms with E-state index in [4.69, 9.17) is 19.5 Å². The van der Waals surface area contributed by atoms with Gasteiger partial charge >= 0.3 is 19.4 Å². The quantitative estimate of drug-likeness (QED) is 0.0214. The number of amides is 1. The zero-order valence-electron chi connectivity index (χ0n) is 34.7. The summed E-state index contributed by atoms with van der Waals surface area (Å²) in [6.07, 6.45) is 27.6. The van der Waals surface area contributed by atoms with Crippen LogP contribution in [-0.4, -0.2) is 83.0 Å². The molecule has 332 valence electrons. The van der Waals surface area contributed by atoms with E-state index < -0.39 is 44.0 Å². The first-order valence-electron chi connectivity index (χ1n) is 20.1. The SMILES string of the molecule is CC/C=C\C/C=C\C/C=C\C/C=C\C/C=C\C/C=C\CCC(=O)NCCN(C)CCNP(=O)(OC[C@@]1(N=[N+]=[N-])O[C@@H](n2ccc(N)nc2=O)C(F)(F)[C@@H]1O)Oc1ccccc1. The van der Waals surface area contributed by atoms with E-state index in [1.54, 1.807) is 25.2 Å². The Kier molecular flexibility index (Phi) is 22.1. The van der Waals surface area contributed by atoms with Crippen LogP contribution in [0.15, 0.2) is 125 Å². The van der Waals surface area contributed by atoms with Crippen LogP contribution in [0.1, 0.15) is 64.5 Å². The number of ether oxygens (including phenoxy) is 1. The number of rotatable bonds is 28. The highest BCUT2D eigenvalue weighted by Gasteiger charge is 2.67. The van der Waals surface area contributed by atoms with Crippen LogP contribution in [0.4, 0.5) is 14.6 Å². The van der Waals surface area contributed by atoms with E-state index >= 15 is 8.78 Å². The van der Waals surface area contributed by atoms with Crippen molar-refractivity contribution in [2.24, 2.45) is 5.11 Å². The van der Waals surface area contributed by atoms with Gasteiger partial charge in [0, 0.05) is 43.7 Å². The number of nitrogen functional groups attached to an aromatic ring is 1. The van der Waals surface area contributed by atoms with Gasteiger partial charge in [-0.1, -0.05) is 103 Å². The van der Waals surface area contributed by atoms with Gasteiger partial charge in [0.1, 0.15) is 11.6 Å². The molecule has 16 nitrogen and oxygen atoms in total. The summed E-state index contributed by atoms with van der Waals surface area (Å²) in [4.78, 5) is 32.5. The third-order valence-corrected chi connectivity index (χ3v) is 10.4. The molecule has 5 N–H and O–H groups in total. The molecule has 1 saturated heterocycles. The van der Waals surface area contributed by atoms with E-state index in [9.17, 15) is 24.8 Å². The maximum Gasteiger partial charge on any atom is 0.458 e. The van der Waals surface area contributed by atoms with Crippen molar-refractivity contribution in [2.75, 3.05) is 45.6 Å². The minimum atomic E-state index is -4.45. The molecule has 0 spiro atoms. The highest BCUT2D eigenvalue weighted by molar-refractivity contribution is 7.52. The summed E-state index contributed by atoms with van der Waals surface area (Å²) >= 11 is 0. The second kappa shape index (κ2) is 26.9. The smallest absolute Gasteiger partial charge is 0.413 e. The van der Waals surface area contributed by atoms with Crippen LogP contribution in [0.2, 0.25) is 0 Å². The Morgan fingerprint density at radius 1 is 1.00 bits per heavy atom. The van der Waals surface area contributed by atoms with Crippen molar-refractivity contribution in [1.82, 2.24) is 24.9 Å². The predicted octanol–water partition coefficient (Wildman–Crippen LogP) is 7.68. The van der Waals surface area contributed by atoms with E-state index in [0.717, 1.165) is 50.8 Å². The number of likely N-dealkylation sites (N-methyl/N-ethyl adjacent to an activating group) is 1. The van der Waals surface area contributed by atoms with E-state index in [0.29, 0.717) is 30.5 Å². The van der Waals surface area contributed by atoms with Gasteiger partial charge in [0.05, 0.1) is 6.61 Å². The standard InChI is InChI=1S/C42H58F2N9O7P/c1-3-4-5-6-7-8-9-10-11-12-13-14-15-16-17-18-19-20-24-27-37(54)47-29-32-52(2)33-30-48-61(57,60-35-25-22-21-23-26-35)58-34-41(50-51-46)38(55)42(43,44)39(59-41)53-31-28-36(45)49-40(53)56/h4-5,7-8,10-11,13-14,16-17,19-23,25-26,28,31,38-39,55H,3,6,9,12,15,18,24,27,29-30,32-34H2,1-2H3,(H,47,54)(H,48,57)(H2,45,49,56)/b5-4-,8-7-,11-10-,14-13-,17-16-,20-19-/t38-,39-,41-,61?/m1/s1. The topological polar surface area (TPSA) is 219 Å². The number of carbonyl (C=O) groups is 1. The summed E-state index contributed by atoms with van der Waals surface area (Å²) in [7, 11) is -2.69. The second-order valence-electron chi connectivity index (χ2n) is 13.8. The first-order valence-corrected chi connectivity index (χ1v) is 21.6. The van der Waals surface area contributed by atoms with Crippen molar-refractivity contribution in [3.8, 4) is 5.75 Å². The van der Waals surface area contributed by atoms with Crippen molar-refractivity contribution in [1.29, 1.82) is 0 Å². The lowest BCUT2D eigenvalue weighted by atomic mass is 10.1. The number of halogens is 2. The maximum absolute atomic E-state index is 15.4. The molecule has 1 aliphatic heterocycles. The van der Waals surface area contributed by atoms with E-state index in [-0.39, 0.29) is 30.6 Å². The number of azide groups is 1. The lowest BCUT2D eigenvalue weighted by molar-refractivity contribution is -0.144.